The number of rotatable bonds is 4. The molecule has 2 aromatic carbocycles. The predicted octanol–water partition coefficient (Wildman–Crippen LogP) is 3.19. The summed E-state index contributed by atoms with van der Waals surface area (Å²) in [6.07, 6.45) is 0. The smallest absolute Gasteiger partial charge is 0.127 e. The summed E-state index contributed by atoms with van der Waals surface area (Å²) in [6.45, 7) is 2.68. The van der Waals surface area contributed by atoms with Crippen molar-refractivity contribution < 1.29 is 14.6 Å². The molecule has 3 rings (SSSR count). The molecular formula is C17H19NO3. The van der Waals surface area contributed by atoms with Crippen molar-refractivity contribution in [3.63, 3.8) is 0 Å². The van der Waals surface area contributed by atoms with Gasteiger partial charge in [-0.05, 0) is 25.1 Å². The molecule has 0 saturated carbocycles. The number of para-hydroxylation sites is 1. The van der Waals surface area contributed by atoms with Crippen LogP contribution in [0.5, 0.6) is 17.2 Å². The summed E-state index contributed by atoms with van der Waals surface area (Å²) in [5, 5.41) is 13.1. The van der Waals surface area contributed by atoms with Gasteiger partial charge in [-0.3, -0.25) is 0 Å². The quantitative estimate of drug-likeness (QED) is 0.906. The lowest BCUT2D eigenvalue weighted by atomic mass is 10.0. The molecule has 0 aliphatic carbocycles. The lowest BCUT2D eigenvalue weighted by Crippen LogP contribution is -2.26. The third kappa shape index (κ3) is 2.67. The minimum Gasteiger partial charge on any atom is -0.508 e. The van der Waals surface area contributed by atoms with E-state index in [2.05, 4.69) is 18.3 Å². The molecule has 1 aliphatic rings. The van der Waals surface area contributed by atoms with Crippen molar-refractivity contribution in [2.24, 2.45) is 0 Å². The molecular weight excluding hydrogens is 266 g/mol. The Morgan fingerprint density at radius 1 is 1.29 bits per heavy atom. The van der Waals surface area contributed by atoms with E-state index in [-0.39, 0.29) is 17.8 Å². The molecule has 110 valence electrons. The van der Waals surface area contributed by atoms with Gasteiger partial charge in [-0.1, -0.05) is 18.2 Å². The van der Waals surface area contributed by atoms with Crippen LogP contribution in [-0.4, -0.2) is 18.8 Å². The molecule has 2 aromatic rings. The lowest BCUT2D eigenvalue weighted by molar-refractivity contribution is 0.298. The first kappa shape index (κ1) is 13.8. The molecule has 0 radical (unpaired) electrons. The number of aromatic hydroxyl groups is 1. The Balaban J connectivity index is 1.79. The minimum atomic E-state index is 0.112. The second-order valence-electron chi connectivity index (χ2n) is 5.22. The van der Waals surface area contributed by atoms with E-state index in [1.54, 1.807) is 19.2 Å². The van der Waals surface area contributed by atoms with Crippen molar-refractivity contribution in [2.75, 3.05) is 13.7 Å². The number of hydrogen-bond acceptors (Lipinski definition) is 4. The second kappa shape index (κ2) is 5.66. The van der Waals surface area contributed by atoms with Crippen LogP contribution in [-0.2, 0) is 0 Å². The number of benzene rings is 2. The van der Waals surface area contributed by atoms with Gasteiger partial charge < -0.3 is 19.9 Å². The number of nitrogens with one attached hydrogen (secondary N) is 1. The zero-order valence-electron chi connectivity index (χ0n) is 12.2. The zero-order valence-corrected chi connectivity index (χ0v) is 12.2. The minimum absolute atomic E-state index is 0.112. The SMILES string of the molecule is COc1ccccc1C(C)NC1COc2cc(O)ccc21. The van der Waals surface area contributed by atoms with Crippen LogP contribution in [0, 0.1) is 0 Å². The Bertz CT molecular complexity index is 642. The fourth-order valence-electron chi connectivity index (χ4n) is 2.75. The van der Waals surface area contributed by atoms with Gasteiger partial charge in [-0.25, -0.2) is 0 Å². The normalized spacial score (nSPS) is 17.9. The third-order valence-corrected chi connectivity index (χ3v) is 3.83. The van der Waals surface area contributed by atoms with Crippen LogP contribution in [0.15, 0.2) is 42.5 Å². The number of fused-ring (bicyclic) bond motifs is 1. The van der Waals surface area contributed by atoms with E-state index >= 15 is 0 Å². The average Bonchev–Trinajstić information content (AvgIpc) is 2.89. The summed E-state index contributed by atoms with van der Waals surface area (Å²) >= 11 is 0. The number of hydrogen-bond donors (Lipinski definition) is 2. The van der Waals surface area contributed by atoms with Gasteiger partial charge in [0.05, 0.1) is 13.2 Å². The fraction of sp³-hybridized carbons (Fsp3) is 0.294. The molecule has 0 fully saturated rings. The van der Waals surface area contributed by atoms with Crippen LogP contribution >= 0.6 is 0 Å². The Labute approximate surface area is 124 Å². The van der Waals surface area contributed by atoms with Gasteiger partial charge in [0.25, 0.3) is 0 Å². The molecule has 1 aliphatic heterocycles. The highest BCUT2D eigenvalue weighted by molar-refractivity contribution is 5.45. The Morgan fingerprint density at radius 3 is 2.90 bits per heavy atom. The molecule has 1 heterocycles. The number of phenolic OH excluding ortho intramolecular Hbond substituents is 1. The van der Waals surface area contributed by atoms with E-state index in [1.165, 1.54) is 0 Å². The van der Waals surface area contributed by atoms with Gasteiger partial charge in [0.15, 0.2) is 0 Å². The average molecular weight is 285 g/mol. The highest BCUT2D eigenvalue weighted by Gasteiger charge is 2.26. The van der Waals surface area contributed by atoms with Crippen LogP contribution in [0.4, 0.5) is 0 Å². The first-order valence-electron chi connectivity index (χ1n) is 7.03. The van der Waals surface area contributed by atoms with Gasteiger partial charge in [0.2, 0.25) is 0 Å². The van der Waals surface area contributed by atoms with E-state index in [4.69, 9.17) is 9.47 Å². The fourth-order valence-corrected chi connectivity index (χ4v) is 2.75. The molecule has 2 N–H and O–H groups in total. The molecule has 0 aromatic heterocycles. The molecule has 0 saturated heterocycles. The summed E-state index contributed by atoms with van der Waals surface area (Å²) in [7, 11) is 1.68. The summed E-state index contributed by atoms with van der Waals surface area (Å²) in [5.74, 6) is 1.86. The third-order valence-electron chi connectivity index (χ3n) is 3.83. The summed E-state index contributed by atoms with van der Waals surface area (Å²) in [4.78, 5) is 0. The van der Waals surface area contributed by atoms with Crippen molar-refractivity contribution in [2.45, 2.75) is 19.0 Å². The van der Waals surface area contributed by atoms with Gasteiger partial charge in [0, 0.05) is 23.2 Å². The lowest BCUT2D eigenvalue weighted by Gasteiger charge is -2.21. The van der Waals surface area contributed by atoms with E-state index in [9.17, 15) is 5.11 Å². The first-order valence-corrected chi connectivity index (χ1v) is 7.03. The standard InChI is InChI=1S/C17H19NO3/c1-11(13-5-3-4-6-16(13)20-2)18-15-10-21-17-9-12(19)7-8-14(15)17/h3-9,11,15,18-19H,10H2,1-2H3. The van der Waals surface area contributed by atoms with Crippen LogP contribution in [0.2, 0.25) is 0 Å². The Hall–Kier alpha value is -2.20. The number of methoxy groups -OCH3 is 1. The Kier molecular flexibility index (Phi) is 3.71. The maximum atomic E-state index is 9.49. The van der Waals surface area contributed by atoms with E-state index < -0.39 is 0 Å². The molecule has 21 heavy (non-hydrogen) atoms. The predicted molar refractivity (Wildman–Crippen MR) is 80.9 cm³/mol. The molecule has 0 spiro atoms. The van der Waals surface area contributed by atoms with Crippen LogP contribution < -0.4 is 14.8 Å². The van der Waals surface area contributed by atoms with Crippen molar-refractivity contribution >= 4 is 0 Å². The van der Waals surface area contributed by atoms with E-state index in [0.29, 0.717) is 6.61 Å². The summed E-state index contributed by atoms with van der Waals surface area (Å²) in [6, 6.07) is 13.5. The van der Waals surface area contributed by atoms with E-state index in [0.717, 1.165) is 22.6 Å². The highest BCUT2D eigenvalue weighted by Crippen LogP contribution is 2.36. The van der Waals surface area contributed by atoms with Gasteiger partial charge in [-0.15, -0.1) is 0 Å². The molecule has 0 bridgehead atoms. The van der Waals surface area contributed by atoms with Gasteiger partial charge >= 0.3 is 0 Å². The highest BCUT2D eigenvalue weighted by atomic mass is 16.5. The largest absolute Gasteiger partial charge is 0.508 e. The van der Waals surface area contributed by atoms with Crippen molar-refractivity contribution in [3.05, 3.63) is 53.6 Å². The van der Waals surface area contributed by atoms with Crippen LogP contribution in [0.25, 0.3) is 0 Å². The maximum Gasteiger partial charge on any atom is 0.127 e. The van der Waals surface area contributed by atoms with Crippen molar-refractivity contribution in [1.29, 1.82) is 0 Å². The van der Waals surface area contributed by atoms with Crippen LogP contribution in [0.1, 0.15) is 30.1 Å². The first-order chi connectivity index (χ1) is 10.2. The Morgan fingerprint density at radius 2 is 2.10 bits per heavy atom. The number of phenols is 1. The van der Waals surface area contributed by atoms with Crippen molar-refractivity contribution in [3.8, 4) is 17.2 Å². The zero-order chi connectivity index (χ0) is 14.8. The summed E-state index contributed by atoms with van der Waals surface area (Å²) < 4.78 is 11.0. The molecule has 4 nitrogen and oxygen atoms in total. The van der Waals surface area contributed by atoms with E-state index in [1.807, 2.05) is 24.3 Å². The molecule has 2 unspecified atom stereocenters. The maximum absolute atomic E-state index is 9.49. The van der Waals surface area contributed by atoms with Crippen LogP contribution in [0.3, 0.4) is 0 Å². The van der Waals surface area contributed by atoms with Crippen molar-refractivity contribution in [1.82, 2.24) is 5.32 Å². The monoisotopic (exact) mass is 285 g/mol. The second-order valence-corrected chi connectivity index (χ2v) is 5.22. The molecule has 2 atom stereocenters. The topological polar surface area (TPSA) is 50.7 Å². The summed E-state index contributed by atoms with van der Waals surface area (Å²) in [5.41, 5.74) is 2.20. The van der Waals surface area contributed by atoms with Gasteiger partial charge in [-0.2, -0.15) is 0 Å². The molecule has 4 heteroatoms. The molecule has 0 amide bonds. The number of ether oxygens (including phenoxy) is 2. The van der Waals surface area contributed by atoms with Gasteiger partial charge in [0.1, 0.15) is 23.9 Å².